The average molecular weight is 456 g/mol. The molecule has 1 atom stereocenters. The Labute approximate surface area is 199 Å². The van der Waals surface area contributed by atoms with E-state index in [9.17, 15) is 9.18 Å². The van der Waals surface area contributed by atoms with Gasteiger partial charge in [-0.3, -0.25) is 9.78 Å². The van der Waals surface area contributed by atoms with Gasteiger partial charge in [-0.2, -0.15) is 4.39 Å². The highest BCUT2D eigenvalue weighted by Gasteiger charge is 2.03. The number of hydrogen-bond donors (Lipinski definition) is 1. The van der Waals surface area contributed by atoms with Gasteiger partial charge in [0.05, 0.1) is 0 Å². The molecule has 0 fully saturated rings. The molecule has 3 aromatic heterocycles. The molecule has 0 bridgehead atoms. The van der Waals surface area contributed by atoms with Crippen molar-refractivity contribution in [1.29, 1.82) is 0 Å². The molecular weight excluding hydrogens is 413 g/mol. The Bertz CT molecular complexity index is 934. The van der Waals surface area contributed by atoms with E-state index < -0.39 is 0 Å². The number of aromatic amines is 1. The number of H-pyrrole nitrogens is 1. The van der Waals surface area contributed by atoms with E-state index in [1.54, 1.807) is 12.3 Å². The second kappa shape index (κ2) is 17.7. The third-order valence-corrected chi connectivity index (χ3v) is 5.05. The largest absolute Gasteiger partial charge is 0.329 e. The molecule has 0 radical (unpaired) electrons. The maximum absolute atomic E-state index is 12.6. The molecule has 0 spiro atoms. The molecule has 5 heteroatoms. The third kappa shape index (κ3) is 12.7. The molecule has 0 aliphatic heterocycles. The number of rotatable bonds is 5. The Morgan fingerprint density at radius 1 is 0.879 bits per heavy atom. The first kappa shape index (κ1) is 30.2. The standard InChI is InChI=1S/C9H12FN.C9H13N.C8H11NO.C2H6/c1-3-7(2)8-4-5-11-9(10)6-8;1-3-8-5-6-10-9(4-2)7-8;1-6(2)7-3-4-9-8(10)5-7;1-2/h4-7H,3H2,1-2H3;5-7H,3-4H2,1-2H3;3-6H,1-2H3,(H,9,10);1-2H3. The SMILES string of the molecule is CC.CC(C)c1cc[nH]c(=O)c1.CCC(C)c1ccnc(F)c1.CCc1ccnc(CC)c1. The predicted octanol–water partition coefficient (Wildman–Crippen LogP) is 7.47. The van der Waals surface area contributed by atoms with Gasteiger partial charge < -0.3 is 4.98 Å². The van der Waals surface area contributed by atoms with Gasteiger partial charge in [0.2, 0.25) is 11.5 Å². The first-order chi connectivity index (χ1) is 15.8. The monoisotopic (exact) mass is 455 g/mol. The van der Waals surface area contributed by atoms with Crippen LogP contribution in [0.4, 0.5) is 4.39 Å². The van der Waals surface area contributed by atoms with Crippen LogP contribution in [-0.2, 0) is 12.8 Å². The van der Waals surface area contributed by atoms with Gasteiger partial charge in [0.25, 0.3) is 0 Å². The van der Waals surface area contributed by atoms with Crippen molar-refractivity contribution >= 4 is 0 Å². The summed E-state index contributed by atoms with van der Waals surface area (Å²) in [4.78, 5) is 21.0. The fourth-order valence-electron chi connectivity index (χ4n) is 2.72. The van der Waals surface area contributed by atoms with Gasteiger partial charge in [-0.15, -0.1) is 0 Å². The lowest BCUT2D eigenvalue weighted by Gasteiger charge is -2.06. The van der Waals surface area contributed by atoms with E-state index in [0.29, 0.717) is 11.8 Å². The fourth-order valence-corrected chi connectivity index (χ4v) is 2.72. The molecule has 0 aliphatic rings. The van der Waals surface area contributed by atoms with Crippen LogP contribution in [0.15, 0.2) is 59.8 Å². The summed E-state index contributed by atoms with van der Waals surface area (Å²) >= 11 is 0. The molecule has 1 N–H and O–H groups in total. The van der Waals surface area contributed by atoms with E-state index in [1.807, 2.05) is 32.2 Å². The minimum Gasteiger partial charge on any atom is -0.329 e. The summed E-state index contributed by atoms with van der Waals surface area (Å²) in [6.45, 7) is 16.6. The van der Waals surface area contributed by atoms with E-state index in [4.69, 9.17) is 0 Å². The van der Waals surface area contributed by atoms with Crippen molar-refractivity contribution in [2.75, 3.05) is 0 Å². The van der Waals surface area contributed by atoms with Gasteiger partial charge in [0, 0.05) is 30.4 Å². The number of pyridine rings is 3. The third-order valence-electron chi connectivity index (χ3n) is 5.05. The highest BCUT2D eigenvalue weighted by molar-refractivity contribution is 5.16. The van der Waals surface area contributed by atoms with Crippen molar-refractivity contribution in [1.82, 2.24) is 15.0 Å². The lowest BCUT2D eigenvalue weighted by Crippen LogP contribution is -2.04. The van der Waals surface area contributed by atoms with Gasteiger partial charge in [0.15, 0.2) is 0 Å². The summed E-state index contributed by atoms with van der Waals surface area (Å²) in [5.74, 6) is 0.470. The smallest absolute Gasteiger partial charge is 0.248 e. The highest BCUT2D eigenvalue weighted by Crippen LogP contribution is 2.17. The molecule has 4 nitrogen and oxygen atoms in total. The molecule has 0 aliphatic carbocycles. The second-order valence-corrected chi connectivity index (χ2v) is 7.72. The lowest BCUT2D eigenvalue weighted by atomic mass is 10.0. The van der Waals surface area contributed by atoms with Crippen LogP contribution in [0.1, 0.15) is 96.0 Å². The van der Waals surface area contributed by atoms with Crippen LogP contribution in [0, 0.1) is 5.95 Å². The highest BCUT2D eigenvalue weighted by atomic mass is 19.1. The molecular formula is C28H42FN3O. The Kier molecular flexibility index (Phi) is 16.2. The van der Waals surface area contributed by atoms with E-state index in [1.165, 1.54) is 23.5 Å². The molecule has 0 aromatic carbocycles. The Balaban J connectivity index is 0.000000449. The van der Waals surface area contributed by atoms with E-state index in [2.05, 4.69) is 68.6 Å². The summed E-state index contributed by atoms with van der Waals surface area (Å²) in [5, 5.41) is 0. The summed E-state index contributed by atoms with van der Waals surface area (Å²) in [6, 6.07) is 11.1. The average Bonchev–Trinajstić information content (AvgIpc) is 2.85. The number of hydrogen-bond acceptors (Lipinski definition) is 3. The van der Waals surface area contributed by atoms with Crippen LogP contribution in [0.2, 0.25) is 0 Å². The fraction of sp³-hybridized carbons (Fsp3) is 0.464. The van der Waals surface area contributed by atoms with Crippen LogP contribution in [0.5, 0.6) is 0 Å². The molecule has 33 heavy (non-hydrogen) atoms. The van der Waals surface area contributed by atoms with Gasteiger partial charge >= 0.3 is 0 Å². The molecule has 182 valence electrons. The predicted molar refractivity (Wildman–Crippen MR) is 138 cm³/mol. The summed E-state index contributed by atoms with van der Waals surface area (Å²) in [7, 11) is 0. The topological polar surface area (TPSA) is 58.6 Å². The molecule has 3 aromatic rings. The van der Waals surface area contributed by atoms with Crippen LogP contribution >= 0.6 is 0 Å². The normalized spacial score (nSPS) is 10.6. The zero-order valence-electron chi connectivity index (χ0n) is 21.7. The lowest BCUT2D eigenvalue weighted by molar-refractivity contribution is 0.577. The summed E-state index contributed by atoms with van der Waals surface area (Å²) < 4.78 is 12.6. The van der Waals surface area contributed by atoms with Crippen molar-refractivity contribution in [2.24, 2.45) is 0 Å². The molecule has 0 saturated heterocycles. The first-order valence-electron chi connectivity index (χ1n) is 12.0. The maximum Gasteiger partial charge on any atom is 0.248 e. The zero-order valence-corrected chi connectivity index (χ0v) is 21.7. The Hall–Kier alpha value is -2.82. The molecule has 3 heterocycles. The van der Waals surface area contributed by atoms with E-state index in [-0.39, 0.29) is 11.5 Å². The second-order valence-electron chi connectivity index (χ2n) is 7.72. The molecule has 0 amide bonds. The summed E-state index contributed by atoms with van der Waals surface area (Å²) in [6.07, 6.45) is 8.25. The van der Waals surface area contributed by atoms with Crippen LogP contribution in [-0.4, -0.2) is 15.0 Å². The van der Waals surface area contributed by atoms with Gasteiger partial charge in [0.1, 0.15) is 0 Å². The zero-order chi connectivity index (χ0) is 25.2. The van der Waals surface area contributed by atoms with Gasteiger partial charge in [-0.1, -0.05) is 55.4 Å². The molecule has 0 saturated carbocycles. The minimum atomic E-state index is -0.386. The van der Waals surface area contributed by atoms with Crippen LogP contribution in [0.3, 0.4) is 0 Å². The number of nitrogens with zero attached hydrogens (tertiary/aromatic N) is 2. The Morgan fingerprint density at radius 2 is 1.55 bits per heavy atom. The summed E-state index contributed by atoms with van der Waals surface area (Å²) in [5.41, 5.74) is 4.67. The number of aryl methyl sites for hydroxylation is 2. The quantitative estimate of drug-likeness (QED) is 0.406. The molecule has 1 unspecified atom stereocenters. The van der Waals surface area contributed by atoms with Crippen molar-refractivity contribution in [3.8, 4) is 0 Å². The number of nitrogens with one attached hydrogen (secondary N) is 1. The van der Waals surface area contributed by atoms with Gasteiger partial charge in [-0.05, 0) is 78.1 Å². The van der Waals surface area contributed by atoms with Crippen LogP contribution in [0.25, 0.3) is 0 Å². The van der Waals surface area contributed by atoms with Crippen molar-refractivity contribution in [3.05, 3.63) is 93.7 Å². The van der Waals surface area contributed by atoms with Gasteiger partial charge in [-0.25, -0.2) is 4.98 Å². The first-order valence-corrected chi connectivity index (χ1v) is 12.0. The van der Waals surface area contributed by atoms with Crippen LogP contribution < -0.4 is 5.56 Å². The van der Waals surface area contributed by atoms with E-state index >= 15 is 0 Å². The number of aromatic nitrogens is 3. The minimum absolute atomic E-state index is 0.0220. The maximum atomic E-state index is 12.6. The number of halogens is 1. The Morgan fingerprint density at radius 3 is 2.03 bits per heavy atom. The van der Waals surface area contributed by atoms with Crippen molar-refractivity contribution in [2.45, 2.75) is 86.5 Å². The van der Waals surface area contributed by atoms with Crippen molar-refractivity contribution < 1.29 is 4.39 Å². The van der Waals surface area contributed by atoms with E-state index in [0.717, 1.165) is 30.4 Å². The molecule has 3 rings (SSSR count). The van der Waals surface area contributed by atoms with Crippen molar-refractivity contribution in [3.63, 3.8) is 0 Å².